The van der Waals surface area contributed by atoms with Gasteiger partial charge in [0.05, 0.1) is 11.7 Å². The summed E-state index contributed by atoms with van der Waals surface area (Å²) in [6.45, 7) is 5.41. The number of carbonyl (C=O) groups is 1. The van der Waals surface area contributed by atoms with E-state index in [0.29, 0.717) is 19.0 Å². The van der Waals surface area contributed by atoms with Crippen molar-refractivity contribution < 1.29 is 4.79 Å². The Morgan fingerprint density at radius 1 is 1.32 bits per heavy atom. The van der Waals surface area contributed by atoms with Gasteiger partial charge in [-0.25, -0.2) is 0 Å². The number of hydrogen-bond donors (Lipinski definition) is 0. The van der Waals surface area contributed by atoms with Crippen LogP contribution in [0.3, 0.4) is 0 Å². The number of piperidine rings is 1. The van der Waals surface area contributed by atoms with E-state index in [1.54, 1.807) is 29.1 Å². The van der Waals surface area contributed by atoms with Crippen molar-refractivity contribution in [2.75, 3.05) is 6.54 Å². The molecular formula is C19H26N4O2. The van der Waals surface area contributed by atoms with E-state index in [0.717, 1.165) is 25.0 Å². The highest BCUT2D eigenvalue weighted by atomic mass is 16.2. The second-order valence-corrected chi connectivity index (χ2v) is 7.16. The predicted molar refractivity (Wildman–Crippen MR) is 96.4 cm³/mol. The maximum Gasteiger partial charge on any atom is 0.263 e. The van der Waals surface area contributed by atoms with Crippen molar-refractivity contribution in [3.05, 3.63) is 52.2 Å². The summed E-state index contributed by atoms with van der Waals surface area (Å²) in [7, 11) is 1.89. The number of hydrogen-bond acceptors (Lipinski definition) is 3. The van der Waals surface area contributed by atoms with Gasteiger partial charge in [-0.3, -0.25) is 14.3 Å². The third-order valence-corrected chi connectivity index (χ3v) is 4.78. The highest BCUT2D eigenvalue weighted by Gasteiger charge is 2.31. The van der Waals surface area contributed by atoms with E-state index in [1.807, 2.05) is 22.7 Å². The van der Waals surface area contributed by atoms with E-state index >= 15 is 0 Å². The first-order valence-corrected chi connectivity index (χ1v) is 8.97. The minimum absolute atomic E-state index is 0.0214. The van der Waals surface area contributed by atoms with Crippen LogP contribution < -0.4 is 5.56 Å². The van der Waals surface area contributed by atoms with Crippen molar-refractivity contribution >= 4 is 5.91 Å². The topological polar surface area (TPSA) is 60.1 Å². The lowest BCUT2D eigenvalue weighted by molar-refractivity contribution is 0.0598. The fourth-order valence-electron chi connectivity index (χ4n) is 3.58. The average molecular weight is 342 g/mol. The Bertz CT molecular complexity index is 806. The van der Waals surface area contributed by atoms with Crippen LogP contribution in [-0.2, 0) is 13.6 Å². The number of rotatable bonds is 4. The average Bonchev–Trinajstić information content (AvgIpc) is 3.02. The van der Waals surface area contributed by atoms with Crippen LogP contribution in [-0.4, -0.2) is 31.7 Å². The summed E-state index contributed by atoms with van der Waals surface area (Å²) in [5, 5.41) is 4.24. The third-order valence-electron chi connectivity index (χ3n) is 4.78. The van der Waals surface area contributed by atoms with E-state index in [4.69, 9.17) is 0 Å². The summed E-state index contributed by atoms with van der Waals surface area (Å²) in [5.41, 5.74) is 1.08. The molecule has 2 aromatic heterocycles. The number of aromatic nitrogens is 3. The van der Waals surface area contributed by atoms with Crippen LogP contribution >= 0.6 is 0 Å². The molecule has 6 heteroatoms. The lowest BCUT2D eigenvalue weighted by atomic mass is 9.98. The van der Waals surface area contributed by atoms with E-state index in [9.17, 15) is 9.59 Å². The fourth-order valence-corrected chi connectivity index (χ4v) is 3.58. The minimum Gasteiger partial charge on any atom is -0.330 e. The molecule has 0 bridgehead atoms. The molecule has 0 saturated carbocycles. The maximum atomic E-state index is 13.2. The van der Waals surface area contributed by atoms with Crippen LogP contribution in [0.5, 0.6) is 0 Å². The van der Waals surface area contributed by atoms with E-state index in [1.165, 1.54) is 0 Å². The first-order valence-electron chi connectivity index (χ1n) is 8.97. The summed E-state index contributed by atoms with van der Waals surface area (Å²) in [5.74, 6) is 0.175. The van der Waals surface area contributed by atoms with Gasteiger partial charge in [0, 0.05) is 32.5 Å². The first kappa shape index (κ1) is 17.5. The van der Waals surface area contributed by atoms with Crippen LogP contribution in [0.25, 0.3) is 0 Å². The molecule has 0 N–H and O–H groups in total. The van der Waals surface area contributed by atoms with Crippen molar-refractivity contribution in [1.82, 2.24) is 19.2 Å². The molecular weight excluding hydrogens is 316 g/mol. The molecule has 134 valence electrons. The van der Waals surface area contributed by atoms with Gasteiger partial charge in [-0.2, -0.15) is 5.10 Å². The smallest absolute Gasteiger partial charge is 0.263 e. The third kappa shape index (κ3) is 3.52. The van der Waals surface area contributed by atoms with Gasteiger partial charge in [-0.15, -0.1) is 0 Å². The number of carbonyl (C=O) groups excluding carboxylic acids is 1. The molecule has 1 saturated heterocycles. The Kier molecular flexibility index (Phi) is 5.06. The van der Waals surface area contributed by atoms with Crippen LogP contribution in [0.1, 0.15) is 55.2 Å². The molecule has 1 fully saturated rings. The molecule has 1 atom stereocenters. The summed E-state index contributed by atoms with van der Waals surface area (Å²) in [6, 6.07) is 5.38. The lowest BCUT2D eigenvalue weighted by Crippen LogP contribution is -2.42. The zero-order chi connectivity index (χ0) is 18.0. The van der Waals surface area contributed by atoms with Crippen molar-refractivity contribution in [2.45, 2.75) is 45.7 Å². The Morgan fingerprint density at radius 3 is 2.80 bits per heavy atom. The minimum atomic E-state index is -0.199. The Morgan fingerprint density at radius 2 is 2.12 bits per heavy atom. The summed E-state index contributed by atoms with van der Waals surface area (Å²) < 4.78 is 3.46. The second kappa shape index (κ2) is 7.25. The number of nitrogens with zero attached hydrogens (tertiary/aromatic N) is 4. The summed E-state index contributed by atoms with van der Waals surface area (Å²) >= 11 is 0. The van der Waals surface area contributed by atoms with E-state index in [-0.39, 0.29) is 23.1 Å². The fraction of sp³-hybridized carbons (Fsp3) is 0.526. The van der Waals surface area contributed by atoms with Gasteiger partial charge in [0.2, 0.25) is 0 Å². The SMILES string of the molecule is CC(C)Cn1cccc(C(=O)N2CCCCC2c2ccnn2C)c1=O. The molecule has 1 aliphatic heterocycles. The van der Waals surface area contributed by atoms with Gasteiger partial charge in [-0.1, -0.05) is 13.8 Å². The molecule has 0 radical (unpaired) electrons. The molecule has 6 nitrogen and oxygen atoms in total. The van der Waals surface area contributed by atoms with Crippen LogP contribution in [0.2, 0.25) is 0 Å². The molecule has 1 amide bonds. The molecule has 25 heavy (non-hydrogen) atoms. The second-order valence-electron chi connectivity index (χ2n) is 7.16. The lowest BCUT2D eigenvalue weighted by Gasteiger charge is -2.35. The summed E-state index contributed by atoms with van der Waals surface area (Å²) in [6.07, 6.45) is 6.45. The first-order chi connectivity index (χ1) is 12.0. The maximum absolute atomic E-state index is 13.2. The van der Waals surface area contributed by atoms with Gasteiger partial charge in [0.1, 0.15) is 5.56 Å². The Balaban J connectivity index is 1.93. The molecule has 0 aliphatic carbocycles. The van der Waals surface area contributed by atoms with E-state index < -0.39 is 0 Å². The molecule has 3 heterocycles. The van der Waals surface area contributed by atoms with Crippen molar-refractivity contribution in [2.24, 2.45) is 13.0 Å². The zero-order valence-corrected chi connectivity index (χ0v) is 15.2. The van der Waals surface area contributed by atoms with Gasteiger partial charge in [0.15, 0.2) is 0 Å². The standard InChI is InChI=1S/C19H26N4O2/c1-14(2)13-22-11-6-7-15(18(22)24)19(25)23-12-5-4-8-17(23)16-9-10-20-21(16)3/h6-7,9-11,14,17H,4-5,8,12-13H2,1-3H3. The molecule has 0 aromatic carbocycles. The van der Waals surface area contributed by atoms with Crippen LogP contribution in [0.4, 0.5) is 0 Å². The number of amides is 1. The van der Waals surface area contributed by atoms with Gasteiger partial charge in [-0.05, 0) is 43.4 Å². The Labute approximate surface area is 148 Å². The van der Waals surface area contributed by atoms with Crippen molar-refractivity contribution in [3.8, 4) is 0 Å². The molecule has 0 spiro atoms. The van der Waals surface area contributed by atoms with Crippen LogP contribution in [0, 0.1) is 5.92 Å². The van der Waals surface area contributed by atoms with Gasteiger partial charge >= 0.3 is 0 Å². The number of likely N-dealkylation sites (tertiary alicyclic amines) is 1. The highest BCUT2D eigenvalue weighted by molar-refractivity contribution is 5.94. The van der Waals surface area contributed by atoms with Crippen molar-refractivity contribution in [1.29, 1.82) is 0 Å². The molecule has 3 rings (SSSR count). The Hall–Kier alpha value is -2.37. The van der Waals surface area contributed by atoms with Gasteiger partial charge < -0.3 is 9.47 Å². The molecule has 1 unspecified atom stereocenters. The normalized spacial score (nSPS) is 17.9. The van der Waals surface area contributed by atoms with Crippen molar-refractivity contribution in [3.63, 3.8) is 0 Å². The quantitative estimate of drug-likeness (QED) is 0.858. The highest BCUT2D eigenvalue weighted by Crippen LogP contribution is 2.31. The number of pyridine rings is 1. The summed E-state index contributed by atoms with van der Waals surface area (Å²) in [4.78, 5) is 27.7. The zero-order valence-electron chi connectivity index (χ0n) is 15.2. The van der Waals surface area contributed by atoms with Gasteiger partial charge in [0.25, 0.3) is 11.5 Å². The van der Waals surface area contributed by atoms with E-state index in [2.05, 4.69) is 18.9 Å². The molecule has 2 aromatic rings. The number of aryl methyl sites for hydroxylation is 1. The monoisotopic (exact) mass is 342 g/mol. The predicted octanol–water partition coefficient (Wildman–Crippen LogP) is 2.61. The largest absolute Gasteiger partial charge is 0.330 e. The molecule has 1 aliphatic rings. The van der Waals surface area contributed by atoms with Crippen LogP contribution in [0.15, 0.2) is 35.4 Å².